The van der Waals surface area contributed by atoms with Crippen LogP contribution >= 0.6 is 0 Å². The molecule has 0 saturated heterocycles. The summed E-state index contributed by atoms with van der Waals surface area (Å²) in [5, 5.41) is 22.9. The number of nitrogens with one attached hydrogen (secondary N) is 1. The maximum atomic E-state index is 9.78. The molecule has 0 bridgehead atoms. The molecule has 3 nitrogen and oxygen atoms in total. The minimum atomic E-state index is 0.360. The molecule has 2 aromatic rings. The van der Waals surface area contributed by atoms with E-state index < -0.39 is 0 Å². The zero-order valence-corrected chi connectivity index (χ0v) is 12.7. The van der Waals surface area contributed by atoms with Crippen LogP contribution in [0.3, 0.4) is 0 Å². The molecule has 0 fully saturated rings. The monoisotopic (exact) mass is 285 g/mol. The molecule has 0 heterocycles. The van der Waals surface area contributed by atoms with E-state index in [2.05, 4.69) is 5.32 Å². The lowest BCUT2D eigenvalue weighted by Gasteiger charge is -2.09. The Labute approximate surface area is 126 Å². The lowest BCUT2D eigenvalue weighted by Crippen LogP contribution is -2.20. The van der Waals surface area contributed by atoms with E-state index in [1.807, 2.05) is 38.1 Å². The first-order valence-corrected chi connectivity index (χ1v) is 7.34. The van der Waals surface area contributed by atoms with Gasteiger partial charge in [0.15, 0.2) is 0 Å². The number of aryl methyl sites for hydroxylation is 2. The Kier molecular flexibility index (Phi) is 5.23. The summed E-state index contributed by atoms with van der Waals surface area (Å²) in [4.78, 5) is 0. The SMILES string of the molecule is Cc1ccc(O)c(CCNCCc2cc(C)ccc2O)c1. The average molecular weight is 285 g/mol. The van der Waals surface area contributed by atoms with Crippen LogP contribution in [-0.2, 0) is 12.8 Å². The third-order valence-corrected chi connectivity index (χ3v) is 3.61. The van der Waals surface area contributed by atoms with Gasteiger partial charge < -0.3 is 15.5 Å². The first kappa shape index (κ1) is 15.4. The van der Waals surface area contributed by atoms with Crippen LogP contribution in [-0.4, -0.2) is 23.3 Å². The molecule has 0 aromatic heterocycles. The van der Waals surface area contributed by atoms with Crippen molar-refractivity contribution < 1.29 is 10.2 Å². The van der Waals surface area contributed by atoms with Gasteiger partial charge in [-0.05, 0) is 63.0 Å². The van der Waals surface area contributed by atoms with Crippen molar-refractivity contribution in [1.29, 1.82) is 0 Å². The van der Waals surface area contributed by atoms with Gasteiger partial charge in [-0.2, -0.15) is 0 Å². The quantitative estimate of drug-likeness (QED) is 0.715. The minimum absolute atomic E-state index is 0.360. The van der Waals surface area contributed by atoms with Gasteiger partial charge in [-0.25, -0.2) is 0 Å². The van der Waals surface area contributed by atoms with Crippen molar-refractivity contribution in [2.45, 2.75) is 26.7 Å². The van der Waals surface area contributed by atoms with Crippen LogP contribution in [0.25, 0.3) is 0 Å². The van der Waals surface area contributed by atoms with Crippen LogP contribution in [0.15, 0.2) is 36.4 Å². The van der Waals surface area contributed by atoms with Gasteiger partial charge in [0.25, 0.3) is 0 Å². The zero-order chi connectivity index (χ0) is 15.2. The topological polar surface area (TPSA) is 52.5 Å². The molecular weight excluding hydrogens is 262 g/mol. The van der Waals surface area contributed by atoms with E-state index in [0.29, 0.717) is 11.5 Å². The van der Waals surface area contributed by atoms with Gasteiger partial charge >= 0.3 is 0 Å². The largest absolute Gasteiger partial charge is 0.508 e. The second-order valence-electron chi connectivity index (χ2n) is 5.51. The van der Waals surface area contributed by atoms with Crippen LogP contribution in [0, 0.1) is 13.8 Å². The number of hydrogen-bond acceptors (Lipinski definition) is 3. The number of aromatic hydroxyl groups is 2. The highest BCUT2D eigenvalue weighted by Crippen LogP contribution is 2.19. The number of phenolic OH excluding ortho intramolecular Hbond substituents is 2. The third-order valence-electron chi connectivity index (χ3n) is 3.61. The molecule has 0 saturated carbocycles. The highest BCUT2D eigenvalue weighted by atomic mass is 16.3. The van der Waals surface area contributed by atoms with E-state index >= 15 is 0 Å². The predicted molar refractivity (Wildman–Crippen MR) is 86.0 cm³/mol. The number of hydrogen-bond donors (Lipinski definition) is 3. The van der Waals surface area contributed by atoms with E-state index in [9.17, 15) is 10.2 Å². The summed E-state index contributed by atoms with van der Waals surface area (Å²) in [5.74, 6) is 0.720. The van der Waals surface area contributed by atoms with Crippen molar-refractivity contribution in [1.82, 2.24) is 5.32 Å². The van der Waals surface area contributed by atoms with E-state index in [0.717, 1.165) is 48.2 Å². The fraction of sp³-hybridized carbons (Fsp3) is 0.333. The first-order valence-electron chi connectivity index (χ1n) is 7.34. The van der Waals surface area contributed by atoms with Crippen LogP contribution in [0.4, 0.5) is 0 Å². The van der Waals surface area contributed by atoms with Crippen molar-refractivity contribution >= 4 is 0 Å². The van der Waals surface area contributed by atoms with Gasteiger partial charge in [0, 0.05) is 0 Å². The van der Waals surface area contributed by atoms with Gasteiger partial charge in [0.1, 0.15) is 11.5 Å². The summed E-state index contributed by atoms with van der Waals surface area (Å²) >= 11 is 0. The van der Waals surface area contributed by atoms with Crippen molar-refractivity contribution in [3.63, 3.8) is 0 Å². The third kappa shape index (κ3) is 4.50. The first-order chi connectivity index (χ1) is 10.1. The molecule has 0 spiro atoms. The number of benzene rings is 2. The molecular formula is C18H23NO2. The Balaban J connectivity index is 1.77. The smallest absolute Gasteiger partial charge is 0.118 e. The van der Waals surface area contributed by atoms with E-state index in [4.69, 9.17) is 0 Å². The average Bonchev–Trinajstić information content (AvgIpc) is 2.45. The Morgan fingerprint density at radius 3 is 1.62 bits per heavy atom. The molecule has 3 heteroatoms. The van der Waals surface area contributed by atoms with Crippen LogP contribution < -0.4 is 5.32 Å². The highest BCUT2D eigenvalue weighted by molar-refractivity contribution is 5.36. The van der Waals surface area contributed by atoms with Crippen molar-refractivity contribution in [3.8, 4) is 11.5 Å². The standard InChI is InChI=1S/C18H23NO2/c1-13-3-5-17(20)15(11-13)7-9-19-10-8-16-12-14(2)4-6-18(16)21/h3-6,11-12,19-21H,7-10H2,1-2H3. The van der Waals surface area contributed by atoms with E-state index in [1.54, 1.807) is 12.1 Å². The molecule has 0 aliphatic heterocycles. The van der Waals surface area contributed by atoms with Crippen molar-refractivity contribution in [3.05, 3.63) is 58.7 Å². The number of rotatable bonds is 6. The Hall–Kier alpha value is -2.00. The molecule has 3 N–H and O–H groups in total. The summed E-state index contributed by atoms with van der Waals surface area (Å²) in [6, 6.07) is 11.3. The Morgan fingerprint density at radius 1 is 0.762 bits per heavy atom. The fourth-order valence-corrected chi connectivity index (χ4v) is 2.40. The molecule has 2 rings (SSSR count). The molecule has 2 aromatic carbocycles. The summed E-state index contributed by atoms with van der Waals surface area (Å²) in [7, 11) is 0. The summed E-state index contributed by atoms with van der Waals surface area (Å²) in [5.41, 5.74) is 4.27. The minimum Gasteiger partial charge on any atom is -0.508 e. The van der Waals surface area contributed by atoms with Gasteiger partial charge in [-0.15, -0.1) is 0 Å². The molecule has 0 atom stereocenters. The second-order valence-corrected chi connectivity index (χ2v) is 5.51. The van der Waals surface area contributed by atoms with E-state index in [1.165, 1.54) is 0 Å². The predicted octanol–water partition coefficient (Wildman–Crippen LogP) is 3.09. The molecule has 112 valence electrons. The van der Waals surface area contributed by atoms with Crippen LogP contribution in [0.1, 0.15) is 22.3 Å². The second kappa shape index (κ2) is 7.14. The number of phenols is 2. The lowest BCUT2D eigenvalue weighted by atomic mass is 10.1. The Morgan fingerprint density at radius 2 is 1.19 bits per heavy atom. The van der Waals surface area contributed by atoms with Crippen molar-refractivity contribution in [2.24, 2.45) is 0 Å². The molecule has 0 unspecified atom stereocenters. The summed E-state index contributed by atoms with van der Waals surface area (Å²) < 4.78 is 0. The van der Waals surface area contributed by atoms with Gasteiger partial charge in [-0.3, -0.25) is 0 Å². The highest BCUT2D eigenvalue weighted by Gasteiger charge is 2.03. The lowest BCUT2D eigenvalue weighted by molar-refractivity contribution is 0.465. The molecule has 0 aliphatic carbocycles. The Bertz CT molecular complexity index is 555. The maximum Gasteiger partial charge on any atom is 0.118 e. The van der Waals surface area contributed by atoms with Crippen LogP contribution in [0.2, 0.25) is 0 Å². The van der Waals surface area contributed by atoms with Crippen molar-refractivity contribution in [2.75, 3.05) is 13.1 Å². The van der Waals surface area contributed by atoms with Crippen LogP contribution in [0.5, 0.6) is 11.5 Å². The van der Waals surface area contributed by atoms with Gasteiger partial charge in [-0.1, -0.05) is 35.4 Å². The van der Waals surface area contributed by atoms with E-state index in [-0.39, 0.29) is 0 Å². The van der Waals surface area contributed by atoms with Gasteiger partial charge in [0.05, 0.1) is 0 Å². The maximum absolute atomic E-state index is 9.78. The normalized spacial score (nSPS) is 10.8. The summed E-state index contributed by atoms with van der Waals surface area (Å²) in [6.07, 6.45) is 1.60. The van der Waals surface area contributed by atoms with Gasteiger partial charge in [0.2, 0.25) is 0 Å². The molecule has 0 amide bonds. The fourth-order valence-electron chi connectivity index (χ4n) is 2.40. The summed E-state index contributed by atoms with van der Waals surface area (Å²) in [6.45, 7) is 5.67. The molecule has 21 heavy (non-hydrogen) atoms. The zero-order valence-electron chi connectivity index (χ0n) is 12.7. The molecule has 0 aliphatic rings. The molecule has 0 radical (unpaired) electrons.